The molecule has 0 aliphatic heterocycles. The minimum atomic E-state index is -0.941. The van der Waals surface area contributed by atoms with Crippen LogP contribution in [-0.2, 0) is 9.59 Å². The first-order valence-electron chi connectivity index (χ1n) is 7.43. The predicted molar refractivity (Wildman–Crippen MR) is 77.6 cm³/mol. The van der Waals surface area contributed by atoms with Gasteiger partial charge in [-0.15, -0.1) is 0 Å². The molecule has 7 heteroatoms. The van der Waals surface area contributed by atoms with Crippen LogP contribution in [0.3, 0.4) is 0 Å². The first-order valence-corrected chi connectivity index (χ1v) is 7.43. The number of aliphatic carboxylic acids is 1. The molecule has 0 heterocycles. The third kappa shape index (κ3) is 4.91. The van der Waals surface area contributed by atoms with Crippen LogP contribution in [0.4, 0.5) is 4.79 Å². The number of carbonyl (C=O) groups excluding carboxylic acids is 2. The number of hydrogen-bond donors (Lipinski definition) is 2. The Hall–Kier alpha value is -1.79. The average Bonchev–Trinajstić information content (AvgIpc) is 2.94. The van der Waals surface area contributed by atoms with Crippen molar-refractivity contribution in [2.24, 2.45) is 11.7 Å². The Labute approximate surface area is 125 Å². The fourth-order valence-electron chi connectivity index (χ4n) is 2.67. The van der Waals surface area contributed by atoms with Crippen LogP contribution in [-0.4, -0.2) is 58.5 Å². The van der Waals surface area contributed by atoms with E-state index in [0.29, 0.717) is 6.54 Å². The maximum atomic E-state index is 12.6. The van der Waals surface area contributed by atoms with Crippen LogP contribution in [0, 0.1) is 5.92 Å². The highest BCUT2D eigenvalue weighted by atomic mass is 16.4. The number of carboxylic acids is 1. The van der Waals surface area contributed by atoms with Gasteiger partial charge < -0.3 is 20.6 Å². The van der Waals surface area contributed by atoms with Crippen LogP contribution in [0.25, 0.3) is 0 Å². The van der Waals surface area contributed by atoms with Gasteiger partial charge in [0.05, 0.1) is 5.92 Å². The number of carboxylic acid groups (broad SMARTS) is 1. The summed E-state index contributed by atoms with van der Waals surface area (Å²) in [5.41, 5.74) is 5.24. The fourth-order valence-corrected chi connectivity index (χ4v) is 2.67. The molecule has 0 saturated heterocycles. The zero-order chi connectivity index (χ0) is 16.0. The van der Waals surface area contributed by atoms with Gasteiger partial charge in [-0.1, -0.05) is 19.8 Å². The van der Waals surface area contributed by atoms with Crippen LogP contribution in [0.15, 0.2) is 0 Å². The van der Waals surface area contributed by atoms with Crippen molar-refractivity contribution in [3.8, 4) is 0 Å². The smallest absolute Gasteiger partial charge is 0.320 e. The Morgan fingerprint density at radius 2 is 1.86 bits per heavy atom. The lowest BCUT2D eigenvalue weighted by atomic mass is 10.1. The minimum Gasteiger partial charge on any atom is -0.481 e. The van der Waals surface area contributed by atoms with E-state index in [4.69, 9.17) is 10.8 Å². The highest BCUT2D eigenvalue weighted by Gasteiger charge is 2.31. The first-order chi connectivity index (χ1) is 9.86. The van der Waals surface area contributed by atoms with Crippen molar-refractivity contribution < 1.29 is 19.5 Å². The highest BCUT2D eigenvalue weighted by molar-refractivity contribution is 5.83. The van der Waals surface area contributed by atoms with Gasteiger partial charge in [0.15, 0.2) is 0 Å². The van der Waals surface area contributed by atoms with Gasteiger partial charge in [-0.2, -0.15) is 0 Å². The number of carbonyl (C=O) groups is 3. The Balaban J connectivity index is 2.80. The first kappa shape index (κ1) is 17.3. The normalized spacial score (nSPS) is 16.5. The molecule has 1 rings (SSSR count). The molecule has 3 N–H and O–H groups in total. The monoisotopic (exact) mass is 299 g/mol. The van der Waals surface area contributed by atoms with E-state index in [0.717, 1.165) is 25.7 Å². The number of amides is 3. The van der Waals surface area contributed by atoms with E-state index in [9.17, 15) is 14.4 Å². The molecule has 21 heavy (non-hydrogen) atoms. The summed E-state index contributed by atoms with van der Waals surface area (Å²) in [5, 5.41) is 8.98. The molecule has 1 fully saturated rings. The molecule has 0 spiro atoms. The molecule has 1 aliphatic rings. The molecule has 1 aliphatic carbocycles. The summed E-state index contributed by atoms with van der Waals surface area (Å²) in [6.45, 7) is 3.78. The Bertz CT molecular complexity index is 394. The molecule has 0 bridgehead atoms. The van der Waals surface area contributed by atoms with E-state index in [2.05, 4.69) is 0 Å². The van der Waals surface area contributed by atoms with Crippen LogP contribution < -0.4 is 5.73 Å². The molecular formula is C14H25N3O4. The summed E-state index contributed by atoms with van der Waals surface area (Å²) >= 11 is 0. The largest absolute Gasteiger partial charge is 0.481 e. The summed E-state index contributed by atoms with van der Waals surface area (Å²) < 4.78 is 0. The average molecular weight is 299 g/mol. The van der Waals surface area contributed by atoms with Crippen molar-refractivity contribution >= 4 is 17.9 Å². The van der Waals surface area contributed by atoms with Gasteiger partial charge in [0, 0.05) is 19.1 Å². The van der Waals surface area contributed by atoms with Crippen molar-refractivity contribution in [3.63, 3.8) is 0 Å². The van der Waals surface area contributed by atoms with Gasteiger partial charge in [0.2, 0.25) is 5.91 Å². The fraction of sp³-hybridized carbons (Fsp3) is 0.786. The zero-order valence-corrected chi connectivity index (χ0v) is 12.7. The summed E-state index contributed by atoms with van der Waals surface area (Å²) in [6.07, 6.45) is 3.80. The zero-order valence-electron chi connectivity index (χ0n) is 12.7. The summed E-state index contributed by atoms with van der Waals surface area (Å²) in [5.74, 6) is -2.13. The van der Waals surface area contributed by atoms with E-state index in [1.165, 1.54) is 9.80 Å². The van der Waals surface area contributed by atoms with Gasteiger partial charge in [-0.25, -0.2) is 4.79 Å². The van der Waals surface area contributed by atoms with Gasteiger partial charge in [-0.3, -0.25) is 9.59 Å². The van der Waals surface area contributed by atoms with E-state index < -0.39 is 17.8 Å². The number of rotatable bonds is 7. The lowest BCUT2D eigenvalue weighted by molar-refractivity contribution is -0.141. The van der Waals surface area contributed by atoms with Crippen LogP contribution >= 0.6 is 0 Å². The van der Waals surface area contributed by atoms with Crippen molar-refractivity contribution in [2.45, 2.75) is 45.6 Å². The molecule has 1 atom stereocenters. The summed E-state index contributed by atoms with van der Waals surface area (Å²) in [6, 6.07) is -0.268. The van der Waals surface area contributed by atoms with Gasteiger partial charge in [0.1, 0.15) is 6.54 Å². The van der Waals surface area contributed by atoms with Crippen molar-refractivity contribution in [3.05, 3.63) is 0 Å². The van der Waals surface area contributed by atoms with Crippen molar-refractivity contribution in [2.75, 3.05) is 19.6 Å². The summed E-state index contributed by atoms with van der Waals surface area (Å²) in [4.78, 5) is 37.8. The minimum absolute atomic E-state index is 0.0270. The van der Waals surface area contributed by atoms with E-state index in [-0.39, 0.29) is 25.2 Å². The standard InChI is InChI=1S/C14H25N3O4/c1-3-16(8-10(2)13(19)20)14(21)17(9-12(15)18)11-6-4-5-7-11/h10-11H,3-9H2,1-2H3,(H2,15,18)(H,19,20). The molecule has 7 nitrogen and oxygen atoms in total. The Morgan fingerprint density at radius 1 is 1.29 bits per heavy atom. The van der Waals surface area contributed by atoms with E-state index in [1.807, 2.05) is 0 Å². The lowest BCUT2D eigenvalue weighted by Gasteiger charge is -2.34. The highest BCUT2D eigenvalue weighted by Crippen LogP contribution is 2.24. The number of hydrogen-bond acceptors (Lipinski definition) is 3. The van der Waals surface area contributed by atoms with Crippen LogP contribution in [0.5, 0.6) is 0 Å². The van der Waals surface area contributed by atoms with E-state index in [1.54, 1.807) is 13.8 Å². The lowest BCUT2D eigenvalue weighted by Crippen LogP contribution is -2.51. The quantitative estimate of drug-likeness (QED) is 0.728. The second-order valence-electron chi connectivity index (χ2n) is 5.59. The molecule has 0 aromatic carbocycles. The Morgan fingerprint density at radius 3 is 2.29 bits per heavy atom. The number of nitrogens with two attached hydrogens (primary N) is 1. The predicted octanol–water partition coefficient (Wildman–Crippen LogP) is 0.879. The molecule has 120 valence electrons. The second kappa shape index (κ2) is 7.85. The summed E-state index contributed by atoms with van der Waals surface area (Å²) in [7, 11) is 0. The van der Waals surface area contributed by atoms with Gasteiger partial charge in [-0.05, 0) is 19.8 Å². The van der Waals surface area contributed by atoms with Crippen molar-refractivity contribution in [1.82, 2.24) is 9.80 Å². The van der Waals surface area contributed by atoms with Crippen molar-refractivity contribution in [1.29, 1.82) is 0 Å². The maximum absolute atomic E-state index is 12.6. The molecule has 1 saturated carbocycles. The van der Waals surface area contributed by atoms with Crippen LogP contribution in [0.1, 0.15) is 39.5 Å². The third-order valence-corrected chi connectivity index (χ3v) is 3.91. The topological polar surface area (TPSA) is 104 Å². The molecule has 0 aromatic heterocycles. The molecule has 0 aromatic rings. The second-order valence-corrected chi connectivity index (χ2v) is 5.59. The van der Waals surface area contributed by atoms with E-state index >= 15 is 0 Å². The Kier molecular flexibility index (Phi) is 6.45. The van der Waals surface area contributed by atoms with Gasteiger partial charge in [0.25, 0.3) is 0 Å². The number of urea groups is 1. The molecule has 1 unspecified atom stereocenters. The van der Waals surface area contributed by atoms with Crippen LogP contribution in [0.2, 0.25) is 0 Å². The number of nitrogens with zero attached hydrogens (tertiary/aromatic N) is 2. The number of primary amides is 1. The molecule has 3 amide bonds. The molecular weight excluding hydrogens is 274 g/mol. The maximum Gasteiger partial charge on any atom is 0.320 e. The SMILES string of the molecule is CCN(CC(C)C(=O)O)C(=O)N(CC(N)=O)C1CCCC1. The van der Waals surface area contributed by atoms with Gasteiger partial charge >= 0.3 is 12.0 Å². The third-order valence-electron chi connectivity index (χ3n) is 3.91. The molecule has 0 radical (unpaired) electrons.